The third-order valence-corrected chi connectivity index (χ3v) is 2.46. The van der Waals surface area contributed by atoms with Crippen molar-refractivity contribution in [2.24, 2.45) is 5.73 Å². The van der Waals surface area contributed by atoms with E-state index in [1.807, 2.05) is 0 Å². The van der Waals surface area contributed by atoms with E-state index >= 15 is 0 Å². The van der Waals surface area contributed by atoms with Crippen molar-refractivity contribution in [3.8, 4) is 0 Å². The minimum atomic E-state index is -0.242. The SMILES string of the molecule is NCCCc1nnnn1Cc1ccc(F)cc1. The summed E-state index contributed by atoms with van der Waals surface area (Å²) in [6, 6.07) is 6.31. The molecule has 1 aromatic carbocycles. The van der Waals surface area contributed by atoms with E-state index in [2.05, 4.69) is 15.5 Å². The Morgan fingerprint density at radius 1 is 1.24 bits per heavy atom. The van der Waals surface area contributed by atoms with Gasteiger partial charge in [0.15, 0.2) is 5.82 Å². The lowest BCUT2D eigenvalue weighted by atomic mass is 10.2. The summed E-state index contributed by atoms with van der Waals surface area (Å²) in [7, 11) is 0. The van der Waals surface area contributed by atoms with Crippen LogP contribution in [-0.4, -0.2) is 26.8 Å². The van der Waals surface area contributed by atoms with E-state index in [4.69, 9.17) is 5.73 Å². The molecule has 0 aliphatic rings. The molecule has 0 aliphatic carbocycles. The molecule has 90 valence electrons. The van der Waals surface area contributed by atoms with Crippen LogP contribution in [0.1, 0.15) is 17.8 Å². The van der Waals surface area contributed by atoms with Crippen LogP contribution in [-0.2, 0) is 13.0 Å². The summed E-state index contributed by atoms with van der Waals surface area (Å²) in [6.45, 7) is 1.16. The summed E-state index contributed by atoms with van der Waals surface area (Å²) in [4.78, 5) is 0. The standard InChI is InChI=1S/C11H14FN5/c12-10-5-3-9(4-6-10)8-17-11(2-1-7-13)14-15-16-17/h3-6H,1-2,7-8,13H2. The Kier molecular flexibility index (Phi) is 3.77. The first-order valence-electron chi connectivity index (χ1n) is 5.49. The van der Waals surface area contributed by atoms with Crippen LogP contribution in [0, 0.1) is 5.82 Å². The fourth-order valence-corrected chi connectivity index (χ4v) is 1.55. The third kappa shape index (κ3) is 3.07. The van der Waals surface area contributed by atoms with Gasteiger partial charge in [0.25, 0.3) is 0 Å². The zero-order valence-corrected chi connectivity index (χ0v) is 9.38. The molecule has 0 radical (unpaired) electrons. The van der Waals surface area contributed by atoms with Crippen molar-refractivity contribution >= 4 is 0 Å². The molecule has 0 atom stereocenters. The van der Waals surface area contributed by atoms with Crippen molar-refractivity contribution in [3.05, 3.63) is 41.5 Å². The molecule has 2 rings (SSSR count). The summed E-state index contributed by atoms with van der Waals surface area (Å²) in [5.74, 6) is 0.564. The van der Waals surface area contributed by atoms with Crippen LogP contribution in [0.15, 0.2) is 24.3 Å². The topological polar surface area (TPSA) is 69.6 Å². The second-order valence-corrected chi connectivity index (χ2v) is 3.77. The number of benzene rings is 1. The van der Waals surface area contributed by atoms with Crippen molar-refractivity contribution in [1.29, 1.82) is 0 Å². The number of rotatable bonds is 5. The minimum Gasteiger partial charge on any atom is -0.330 e. The van der Waals surface area contributed by atoms with E-state index in [1.165, 1.54) is 12.1 Å². The van der Waals surface area contributed by atoms with Crippen molar-refractivity contribution < 1.29 is 4.39 Å². The molecule has 0 saturated heterocycles. The molecule has 0 spiro atoms. The molecule has 1 heterocycles. The maximum atomic E-state index is 12.8. The monoisotopic (exact) mass is 235 g/mol. The van der Waals surface area contributed by atoms with Crippen LogP contribution in [0.4, 0.5) is 4.39 Å². The van der Waals surface area contributed by atoms with Gasteiger partial charge in [0.05, 0.1) is 6.54 Å². The van der Waals surface area contributed by atoms with E-state index in [-0.39, 0.29) is 5.82 Å². The smallest absolute Gasteiger partial charge is 0.151 e. The Balaban J connectivity index is 2.07. The maximum Gasteiger partial charge on any atom is 0.151 e. The number of hydrogen-bond acceptors (Lipinski definition) is 4. The van der Waals surface area contributed by atoms with Crippen molar-refractivity contribution in [2.75, 3.05) is 6.54 Å². The molecule has 6 heteroatoms. The molecule has 5 nitrogen and oxygen atoms in total. The van der Waals surface area contributed by atoms with Gasteiger partial charge in [-0.1, -0.05) is 12.1 Å². The predicted octanol–water partition coefficient (Wildman–Crippen LogP) is 0.752. The first-order chi connectivity index (χ1) is 8.29. The molecule has 0 unspecified atom stereocenters. The molecular formula is C11H14FN5. The molecule has 0 aliphatic heterocycles. The number of tetrazole rings is 1. The number of halogens is 1. The van der Waals surface area contributed by atoms with Gasteiger partial charge < -0.3 is 5.73 Å². The highest BCUT2D eigenvalue weighted by Gasteiger charge is 2.06. The van der Waals surface area contributed by atoms with Gasteiger partial charge in [-0.2, -0.15) is 0 Å². The Morgan fingerprint density at radius 3 is 2.71 bits per heavy atom. The molecule has 0 bridgehead atoms. The maximum absolute atomic E-state index is 12.8. The van der Waals surface area contributed by atoms with Crippen molar-refractivity contribution in [1.82, 2.24) is 20.2 Å². The summed E-state index contributed by atoms with van der Waals surface area (Å²) >= 11 is 0. The zero-order chi connectivity index (χ0) is 12.1. The zero-order valence-electron chi connectivity index (χ0n) is 9.38. The van der Waals surface area contributed by atoms with E-state index < -0.39 is 0 Å². The second-order valence-electron chi connectivity index (χ2n) is 3.77. The van der Waals surface area contributed by atoms with Gasteiger partial charge >= 0.3 is 0 Å². The third-order valence-electron chi connectivity index (χ3n) is 2.46. The molecule has 17 heavy (non-hydrogen) atoms. The van der Waals surface area contributed by atoms with Gasteiger partial charge in [-0.05, 0) is 41.1 Å². The van der Waals surface area contributed by atoms with Crippen LogP contribution < -0.4 is 5.73 Å². The van der Waals surface area contributed by atoms with Crippen LogP contribution in [0.25, 0.3) is 0 Å². The fraction of sp³-hybridized carbons (Fsp3) is 0.364. The Morgan fingerprint density at radius 2 is 2.00 bits per heavy atom. The summed E-state index contributed by atoms with van der Waals surface area (Å²) < 4.78 is 14.5. The number of nitrogens with zero attached hydrogens (tertiary/aromatic N) is 4. The average molecular weight is 235 g/mol. The van der Waals surface area contributed by atoms with Crippen molar-refractivity contribution in [2.45, 2.75) is 19.4 Å². The number of hydrogen-bond donors (Lipinski definition) is 1. The van der Waals surface area contributed by atoms with Crippen LogP contribution >= 0.6 is 0 Å². The molecule has 0 amide bonds. The minimum absolute atomic E-state index is 0.242. The van der Waals surface area contributed by atoms with Crippen molar-refractivity contribution in [3.63, 3.8) is 0 Å². The molecule has 2 N–H and O–H groups in total. The van der Waals surface area contributed by atoms with Crippen LogP contribution in [0.2, 0.25) is 0 Å². The lowest BCUT2D eigenvalue weighted by Gasteiger charge is -2.04. The lowest BCUT2D eigenvalue weighted by molar-refractivity contribution is 0.603. The van der Waals surface area contributed by atoms with Gasteiger partial charge in [0, 0.05) is 6.42 Å². The Hall–Kier alpha value is -1.82. The molecule has 0 fully saturated rings. The molecule has 2 aromatic rings. The molecular weight excluding hydrogens is 221 g/mol. The van der Waals surface area contributed by atoms with E-state index in [1.54, 1.807) is 16.8 Å². The van der Waals surface area contributed by atoms with E-state index in [0.717, 1.165) is 24.2 Å². The molecule has 0 saturated carbocycles. The highest BCUT2D eigenvalue weighted by atomic mass is 19.1. The Labute approximate surface area is 98.4 Å². The highest BCUT2D eigenvalue weighted by molar-refractivity contribution is 5.16. The van der Waals surface area contributed by atoms with E-state index in [0.29, 0.717) is 13.1 Å². The number of aryl methyl sites for hydroxylation is 1. The summed E-state index contributed by atoms with van der Waals surface area (Å²) in [5, 5.41) is 11.5. The number of nitrogens with two attached hydrogens (primary N) is 1. The summed E-state index contributed by atoms with van der Waals surface area (Å²) in [5.41, 5.74) is 6.41. The highest BCUT2D eigenvalue weighted by Crippen LogP contribution is 2.06. The normalized spacial score (nSPS) is 10.7. The van der Waals surface area contributed by atoms with Crippen LogP contribution in [0.5, 0.6) is 0 Å². The lowest BCUT2D eigenvalue weighted by Crippen LogP contribution is -2.09. The average Bonchev–Trinajstić information content (AvgIpc) is 2.77. The first-order valence-corrected chi connectivity index (χ1v) is 5.49. The fourth-order valence-electron chi connectivity index (χ4n) is 1.55. The Bertz CT molecular complexity index is 465. The van der Waals surface area contributed by atoms with Gasteiger partial charge in [-0.25, -0.2) is 9.07 Å². The predicted molar refractivity (Wildman–Crippen MR) is 60.7 cm³/mol. The summed E-state index contributed by atoms with van der Waals surface area (Å²) in [6.07, 6.45) is 1.61. The number of aromatic nitrogens is 4. The second kappa shape index (κ2) is 5.49. The van der Waals surface area contributed by atoms with Gasteiger partial charge in [0.1, 0.15) is 5.82 Å². The van der Waals surface area contributed by atoms with Gasteiger partial charge in [0.2, 0.25) is 0 Å². The molecule has 1 aromatic heterocycles. The first kappa shape index (κ1) is 11.7. The quantitative estimate of drug-likeness (QED) is 0.830. The van der Waals surface area contributed by atoms with Gasteiger partial charge in [-0.3, -0.25) is 0 Å². The van der Waals surface area contributed by atoms with Gasteiger partial charge in [-0.15, -0.1) is 5.10 Å². The van der Waals surface area contributed by atoms with Crippen LogP contribution in [0.3, 0.4) is 0 Å². The largest absolute Gasteiger partial charge is 0.330 e. The van der Waals surface area contributed by atoms with E-state index in [9.17, 15) is 4.39 Å².